The van der Waals surface area contributed by atoms with E-state index in [1.54, 1.807) is 49.4 Å². The number of nitrogens with zero attached hydrogens (tertiary/aromatic N) is 2. The summed E-state index contributed by atoms with van der Waals surface area (Å²) in [4.78, 5) is 40.4. The van der Waals surface area contributed by atoms with Crippen molar-refractivity contribution >= 4 is 23.5 Å². The summed E-state index contributed by atoms with van der Waals surface area (Å²) in [6, 6.07) is 12.9. The number of amides is 4. The highest BCUT2D eigenvalue weighted by molar-refractivity contribution is 6.22. The van der Waals surface area contributed by atoms with Crippen molar-refractivity contribution in [1.82, 2.24) is 10.2 Å². The minimum atomic E-state index is -0.908. The van der Waals surface area contributed by atoms with Crippen LogP contribution in [0.1, 0.15) is 18.9 Å². The second-order valence-corrected chi connectivity index (χ2v) is 6.22. The van der Waals surface area contributed by atoms with Gasteiger partial charge in [0.2, 0.25) is 5.91 Å². The number of anilines is 1. The molecule has 140 valence electrons. The van der Waals surface area contributed by atoms with Crippen molar-refractivity contribution in [3.8, 4) is 0 Å². The van der Waals surface area contributed by atoms with Crippen molar-refractivity contribution < 1.29 is 18.8 Å². The number of halogens is 1. The zero-order valence-electron chi connectivity index (χ0n) is 14.9. The molecule has 4 amide bonds. The summed E-state index contributed by atoms with van der Waals surface area (Å²) in [6.45, 7) is 2.33. The number of carbonyl (C=O) groups excluding carboxylic acids is 3. The van der Waals surface area contributed by atoms with Gasteiger partial charge in [0.15, 0.2) is 0 Å². The van der Waals surface area contributed by atoms with Crippen LogP contribution in [0.25, 0.3) is 0 Å². The van der Waals surface area contributed by atoms with Crippen molar-refractivity contribution in [2.75, 3.05) is 11.4 Å². The van der Waals surface area contributed by atoms with Gasteiger partial charge in [0.05, 0.1) is 12.1 Å². The van der Waals surface area contributed by atoms with Crippen molar-refractivity contribution in [1.29, 1.82) is 0 Å². The third-order valence-electron chi connectivity index (χ3n) is 4.35. The van der Waals surface area contributed by atoms with E-state index in [9.17, 15) is 18.8 Å². The van der Waals surface area contributed by atoms with Gasteiger partial charge >= 0.3 is 6.03 Å². The SMILES string of the molecule is CCNC(=O)C[C@H]1C(=O)N(c2ccccc2)C(=O)N1Cc1ccc(F)cc1. The van der Waals surface area contributed by atoms with E-state index < -0.39 is 18.0 Å². The molecule has 0 saturated carbocycles. The molecule has 1 fully saturated rings. The van der Waals surface area contributed by atoms with Crippen LogP contribution in [0.5, 0.6) is 0 Å². The van der Waals surface area contributed by atoms with Gasteiger partial charge in [0.1, 0.15) is 11.9 Å². The van der Waals surface area contributed by atoms with Gasteiger partial charge in [0, 0.05) is 13.1 Å². The third kappa shape index (κ3) is 3.97. The van der Waals surface area contributed by atoms with Gasteiger partial charge in [-0.25, -0.2) is 14.1 Å². The van der Waals surface area contributed by atoms with Crippen molar-refractivity contribution in [3.05, 3.63) is 66.0 Å². The Morgan fingerprint density at radius 3 is 2.37 bits per heavy atom. The van der Waals surface area contributed by atoms with E-state index in [1.165, 1.54) is 17.0 Å². The number of urea groups is 1. The highest BCUT2D eigenvalue weighted by Crippen LogP contribution is 2.28. The van der Waals surface area contributed by atoms with Crippen LogP contribution in [0.2, 0.25) is 0 Å². The largest absolute Gasteiger partial charge is 0.356 e. The van der Waals surface area contributed by atoms with E-state index in [2.05, 4.69) is 5.32 Å². The number of hydrogen-bond acceptors (Lipinski definition) is 3. The van der Waals surface area contributed by atoms with Gasteiger partial charge < -0.3 is 10.2 Å². The Balaban J connectivity index is 1.90. The fourth-order valence-corrected chi connectivity index (χ4v) is 3.06. The molecule has 1 aliphatic heterocycles. The van der Waals surface area contributed by atoms with Crippen LogP contribution in [-0.4, -0.2) is 35.3 Å². The monoisotopic (exact) mass is 369 g/mol. The molecule has 3 rings (SSSR count). The summed E-state index contributed by atoms with van der Waals surface area (Å²) in [6.07, 6.45) is -0.122. The van der Waals surface area contributed by atoms with Crippen molar-refractivity contribution in [2.45, 2.75) is 25.9 Å². The second kappa shape index (κ2) is 7.99. The maximum absolute atomic E-state index is 13.2. The van der Waals surface area contributed by atoms with E-state index in [4.69, 9.17) is 0 Å². The molecule has 0 aromatic heterocycles. The van der Waals surface area contributed by atoms with Gasteiger partial charge in [-0.15, -0.1) is 0 Å². The van der Waals surface area contributed by atoms with E-state index in [0.29, 0.717) is 17.8 Å². The first-order valence-electron chi connectivity index (χ1n) is 8.72. The number of benzene rings is 2. The summed E-state index contributed by atoms with van der Waals surface area (Å²) in [5.41, 5.74) is 1.13. The van der Waals surface area contributed by atoms with E-state index >= 15 is 0 Å². The summed E-state index contributed by atoms with van der Waals surface area (Å²) < 4.78 is 13.2. The number of rotatable bonds is 6. The Morgan fingerprint density at radius 1 is 1.07 bits per heavy atom. The Morgan fingerprint density at radius 2 is 1.74 bits per heavy atom. The second-order valence-electron chi connectivity index (χ2n) is 6.22. The van der Waals surface area contributed by atoms with Crippen LogP contribution < -0.4 is 10.2 Å². The minimum Gasteiger partial charge on any atom is -0.356 e. The lowest BCUT2D eigenvalue weighted by Crippen LogP contribution is -2.39. The first-order chi connectivity index (χ1) is 13.0. The fraction of sp³-hybridized carbons (Fsp3) is 0.250. The average molecular weight is 369 g/mol. The van der Waals surface area contributed by atoms with E-state index in [0.717, 1.165) is 4.90 Å². The molecule has 1 aliphatic rings. The molecule has 0 aliphatic carbocycles. The van der Waals surface area contributed by atoms with Gasteiger partial charge in [-0.3, -0.25) is 9.59 Å². The molecule has 0 spiro atoms. The average Bonchev–Trinajstić information content (AvgIpc) is 2.88. The summed E-state index contributed by atoms with van der Waals surface area (Å²) in [5, 5.41) is 2.66. The molecule has 2 aromatic carbocycles. The molecule has 0 unspecified atom stereocenters. The number of hydrogen-bond donors (Lipinski definition) is 1. The molecule has 7 heteroatoms. The molecule has 6 nitrogen and oxygen atoms in total. The summed E-state index contributed by atoms with van der Waals surface area (Å²) >= 11 is 0. The number of imide groups is 1. The highest BCUT2D eigenvalue weighted by atomic mass is 19.1. The quantitative estimate of drug-likeness (QED) is 0.796. The number of para-hydroxylation sites is 1. The molecule has 27 heavy (non-hydrogen) atoms. The Labute approximate surface area is 156 Å². The lowest BCUT2D eigenvalue weighted by atomic mass is 10.1. The van der Waals surface area contributed by atoms with Crippen LogP contribution in [0.15, 0.2) is 54.6 Å². The van der Waals surface area contributed by atoms with Gasteiger partial charge in [0.25, 0.3) is 5.91 Å². The molecular weight excluding hydrogens is 349 g/mol. The van der Waals surface area contributed by atoms with Gasteiger partial charge in [-0.05, 0) is 36.8 Å². The molecule has 2 aromatic rings. The molecular formula is C20H20FN3O3. The zero-order chi connectivity index (χ0) is 19.4. The standard InChI is InChI=1S/C20H20FN3O3/c1-2-22-18(25)12-17-19(26)24(16-6-4-3-5-7-16)20(27)23(17)13-14-8-10-15(21)11-9-14/h3-11,17H,2,12-13H2,1H3,(H,22,25)/t17-/m0/s1. The molecule has 1 N–H and O–H groups in total. The molecule has 1 atom stereocenters. The highest BCUT2D eigenvalue weighted by Gasteiger charge is 2.46. The van der Waals surface area contributed by atoms with Crippen LogP contribution in [-0.2, 0) is 16.1 Å². The number of nitrogens with one attached hydrogen (secondary N) is 1. The van der Waals surface area contributed by atoms with Crippen LogP contribution in [0, 0.1) is 5.82 Å². The predicted octanol–water partition coefficient (Wildman–Crippen LogP) is 2.69. The van der Waals surface area contributed by atoms with E-state index in [-0.39, 0.29) is 24.7 Å². The zero-order valence-corrected chi connectivity index (χ0v) is 14.9. The smallest absolute Gasteiger partial charge is 0.332 e. The van der Waals surface area contributed by atoms with Crippen LogP contribution >= 0.6 is 0 Å². The maximum Gasteiger partial charge on any atom is 0.332 e. The predicted molar refractivity (Wildman–Crippen MR) is 98.4 cm³/mol. The molecule has 1 saturated heterocycles. The number of carbonyl (C=O) groups is 3. The molecule has 0 radical (unpaired) electrons. The normalized spacial score (nSPS) is 16.7. The summed E-state index contributed by atoms with van der Waals surface area (Å²) in [7, 11) is 0. The Hall–Kier alpha value is -3.22. The third-order valence-corrected chi connectivity index (χ3v) is 4.35. The first-order valence-corrected chi connectivity index (χ1v) is 8.72. The molecule has 1 heterocycles. The Bertz CT molecular complexity index is 839. The lowest BCUT2D eigenvalue weighted by molar-refractivity contribution is -0.127. The molecule has 0 bridgehead atoms. The maximum atomic E-state index is 13.2. The van der Waals surface area contributed by atoms with Crippen molar-refractivity contribution in [3.63, 3.8) is 0 Å². The van der Waals surface area contributed by atoms with Gasteiger partial charge in [-0.1, -0.05) is 30.3 Å². The fourth-order valence-electron chi connectivity index (χ4n) is 3.06. The lowest BCUT2D eigenvalue weighted by Gasteiger charge is -2.21. The minimum absolute atomic E-state index is 0.109. The van der Waals surface area contributed by atoms with Crippen LogP contribution in [0.3, 0.4) is 0 Å². The van der Waals surface area contributed by atoms with Gasteiger partial charge in [-0.2, -0.15) is 0 Å². The van der Waals surface area contributed by atoms with Crippen molar-refractivity contribution in [2.24, 2.45) is 0 Å². The van der Waals surface area contributed by atoms with Crippen LogP contribution in [0.4, 0.5) is 14.9 Å². The van der Waals surface area contributed by atoms with E-state index in [1.807, 2.05) is 0 Å². The summed E-state index contributed by atoms with van der Waals surface area (Å²) in [5.74, 6) is -1.13. The Kier molecular flexibility index (Phi) is 5.49. The first kappa shape index (κ1) is 18.6. The topological polar surface area (TPSA) is 69.7 Å².